The van der Waals surface area contributed by atoms with Crippen molar-refractivity contribution in [2.45, 2.75) is 19.8 Å². The molecule has 0 fully saturated rings. The Balaban J connectivity index is 2.38. The van der Waals surface area contributed by atoms with Gasteiger partial charge in [-0.15, -0.1) is 0 Å². The second-order valence-corrected chi connectivity index (χ2v) is 5.22. The summed E-state index contributed by atoms with van der Waals surface area (Å²) in [6.45, 7) is 3.51. The zero-order valence-electron chi connectivity index (χ0n) is 10.6. The van der Waals surface area contributed by atoms with E-state index in [1.165, 1.54) is 0 Å². The molecule has 96 valence electrons. The van der Waals surface area contributed by atoms with E-state index in [1.54, 1.807) is 32.0 Å². The van der Waals surface area contributed by atoms with Gasteiger partial charge in [-0.25, -0.2) is 0 Å². The largest absolute Gasteiger partial charge is 0.466 e. The summed E-state index contributed by atoms with van der Waals surface area (Å²) in [6, 6.07) is 10.9. The van der Waals surface area contributed by atoms with E-state index in [4.69, 9.17) is 4.42 Å². The third kappa shape index (κ3) is 2.77. The molecule has 1 heterocycles. The van der Waals surface area contributed by atoms with Crippen LogP contribution in [0.2, 0.25) is 0 Å². The minimum Gasteiger partial charge on any atom is -0.466 e. The molecule has 2 rings (SSSR count). The second kappa shape index (κ2) is 5.41. The van der Waals surface area contributed by atoms with Crippen LogP contribution in [0.25, 0.3) is 0 Å². The summed E-state index contributed by atoms with van der Waals surface area (Å²) in [5, 5.41) is 9.27. The molecule has 0 aliphatic rings. The first-order valence-corrected chi connectivity index (χ1v) is 6.58. The molecule has 0 spiro atoms. The Labute approximate surface area is 120 Å². The smallest absolute Gasteiger partial charge is 0.187 e. The highest BCUT2D eigenvalue weighted by atomic mass is 79.9. The molecule has 0 saturated carbocycles. The zero-order valence-corrected chi connectivity index (χ0v) is 12.2. The first kappa shape index (κ1) is 13.6. The van der Waals surface area contributed by atoms with Crippen molar-refractivity contribution >= 4 is 21.7 Å². The summed E-state index contributed by atoms with van der Waals surface area (Å²) in [5.74, 6) is 0.205. The van der Waals surface area contributed by atoms with E-state index < -0.39 is 5.92 Å². The Morgan fingerprint density at radius 2 is 1.95 bits per heavy atom. The number of Topliss-reactive ketones (excluding diaryl/α,β-unsaturated/α-hetero) is 1. The first-order chi connectivity index (χ1) is 9.02. The number of furan rings is 1. The molecular weight excluding hydrogens is 306 g/mol. The maximum atomic E-state index is 12.4. The molecule has 1 atom stereocenters. The number of halogens is 1. The lowest BCUT2D eigenvalue weighted by atomic mass is 9.92. The maximum Gasteiger partial charge on any atom is 0.187 e. The average Bonchev–Trinajstić information content (AvgIpc) is 2.71. The third-order valence-electron chi connectivity index (χ3n) is 2.90. The molecule has 0 saturated heterocycles. The number of benzene rings is 1. The predicted molar refractivity (Wildman–Crippen MR) is 75.0 cm³/mol. The van der Waals surface area contributed by atoms with Crippen molar-refractivity contribution in [3.8, 4) is 6.07 Å². The molecule has 4 heteroatoms. The van der Waals surface area contributed by atoms with Gasteiger partial charge in [-0.2, -0.15) is 5.26 Å². The van der Waals surface area contributed by atoms with E-state index in [0.717, 1.165) is 4.47 Å². The van der Waals surface area contributed by atoms with Gasteiger partial charge in [-0.05, 0) is 37.6 Å². The fourth-order valence-corrected chi connectivity index (χ4v) is 2.24. The minimum atomic E-state index is -0.802. The van der Waals surface area contributed by atoms with Gasteiger partial charge in [0.15, 0.2) is 5.78 Å². The van der Waals surface area contributed by atoms with Gasteiger partial charge in [0.05, 0.1) is 11.6 Å². The Hall–Kier alpha value is -1.86. The summed E-state index contributed by atoms with van der Waals surface area (Å²) < 4.78 is 6.26. The molecule has 1 unspecified atom stereocenters. The topological polar surface area (TPSA) is 54.0 Å². The normalized spacial score (nSPS) is 11.9. The van der Waals surface area contributed by atoms with Crippen molar-refractivity contribution in [1.29, 1.82) is 5.26 Å². The van der Waals surface area contributed by atoms with Gasteiger partial charge in [0.25, 0.3) is 0 Å². The van der Waals surface area contributed by atoms with Gasteiger partial charge in [0.1, 0.15) is 17.4 Å². The van der Waals surface area contributed by atoms with Crippen LogP contribution in [0.5, 0.6) is 0 Å². The van der Waals surface area contributed by atoms with Crippen molar-refractivity contribution in [2.75, 3.05) is 0 Å². The number of nitriles is 1. The number of hydrogen-bond donors (Lipinski definition) is 0. The van der Waals surface area contributed by atoms with Crippen LogP contribution in [0, 0.1) is 25.2 Å². The molecule has 0 aliphatic carbocycles. The Kier molecular flexibility index (Phi) is 3.87. The Bertz CT molecular complexity index is 650. The van der Waals surface area contributed by atoms with Crippen molar-refractivity contribution in [3.63, 3.8) is 0 Å². The highest BCUT2D eigenvalue weighted by molar-refractivity contribution is 9.10. The van der Waals surface area contributed by atoms with E-state index in [9.17, 15) is 10.1 Å². The molecule has 19 heavy (non-hydrogen) atoms. The van der Waals surface area contributed by atoms with E-state index in [1.807, 2.05) is 12.1 Å². The van der Waals surface area contributed by atoms with Gasteiger partial charge in [-0.3, -0.25) is 4.79 Å². The van der Waals surface area contributed by atoms with E-state index in [0.29, 0.717) is 22.6 Å². The van der Waals surface area contributed by atoms with Crippen molar-refractivity contribution < 1.29 is 9.21 Å². The quantitative estimate of drug-likeness (QED) is 0.799. The van der Waals surface area contributed by atoms with Gasteiger partial charge < -0.3 is 4.42 Å². The molecule has 2 aromatic rings. The summed E-state index contributed by atoms with van der Waals surface area (Å²) in [6.07, 6.45) is 0. The van der Waals surface area contributed by atoms with Crippen LogP contribution in [0.4, 0.5) is 0 Å². The van der Waals surface area contributed by atoms with Gasteiger partial charge >= 0.3 is 0 Å². The monoisotopic (exact) mass is 317 g/mol. The van der Waals surface area contributed by atoms with Crippen LogP contribution in [0.3, 0.4) is 0 Å². The van der Waals surface area contributed by atoms with E-state index >= 15 is 0 Å². The Morgan fingerprint density at radius 3 is 2.42 bits per heavy atom. The molecule has 0 amide bonds. The SMILES string of the molecule is Cc1cc(C(=O)C(C#N)c2ccc(Br)cc2)c(C)o1. The van der Waals surface area contributed by atoms with Crippen LogP contribution in [0.15, 0.2) is 39.2 Å². The second-order valence-electron chi connectivity index (χ2n) is 4.30. The number of carbonyl (C=O) groups is 1. The average molecular weight is 318 g/mol. The lowest BCUT2D eigenvalue weighted by Crippen LogP contribution is -2.11. The highest BCUT2D eigenvalue weighted by Crippen LogP contribution is 2.25. The lowest BCUT2D eigenvalue weighted by Gasteiger charge is -2.07. The van der Waals surface area contributed by atoms with Gasteiger partial charge in [0, 0.05) is 4.47 Å². The number of ketones is 1. The molecule has 0 N–H and O–H groups in total. The van der Waals surface area contributed by atoms with Crippen LogP contribution < -0.4 is 0 Å². The molecule has 3 nitrogen and oxygen atoms in total. The van der Waals surface area contributed by atoms with Crippen LogP contribution in [0.1, 0.15) is 33.4 Å². The number of rotatable bonds is 3. The predicted octanol–water partition coefficient (Wildman–Crippen LogP) is 4.15. The number of hydrogen-bond acceptors (Lipinski definition) is 3. The van der Waals surface area contributed by atoms with Crippen LogP contribution in [-0.2, 0) is 0 Å². The number of carbonyl (C=O) groups excluding carboxylic acids is 1. The fourth-order valence-electron chi connectivity index (χ4n) is 1.97. The standard InChI is InChI=1S/C15H12BrNO2/c1-9-7-13(10(2)19-9)15(18)14(8-17)11-3-5-12(16)6-4-11/h3-7,14H,1-2H3. The molecular formula is C15H12BrNO2. The summed E-state index contributed by atoms with van der Waals surface area (Å²) in [7, 11) is 0. The molecule has 0 aliphatic heterocycles. The summed E-state index contributed by atoms with van der Waals surface area (Å²) in [4.78, 5) is 12.4. The van der Waals surface area contributed by atoms with Gasteiger partial charge in [0.2, 0.25) is 0 Å². The van der Waals surface area contributed by atoms with Crippen LogP contribution >= 0.6 is 15.9 Å². The van der Waals surface area contributed by atoms with E-state index in [-0.39, 0.29) is 5.78 Å². The number of aryl methyl sites for hydroxylation is 2. The van der Waals surface area contributed by atoms with Crippen molar-refractivity contribution in [2.24, 2.45) is 0 Å². The summed E-state index contributed by atoms with van der Waals surface area (Å²) in [5.41, 5.74) is 1.17. The van der Waals surface area contributed by atoms with E-state index in [2.05, 4.69) is 22.0 Å². The fraction of sp³-hybridized carbons (Fsp3) is 0.200. The molecule has 0 radical (unpaired) electrons. The molecule has 0 bridgehead atoms. The van der Waals surface area contributed by atoms with Crippen LogP contribution in [-0.4, -0.2) is 5.78 Å². The first-order valence-electron chi connectivity index (χ1n) is 5.79. The Morgan fingerprint density at radius 1 is 1.32 bits per heavy atom. The minimum absolute atomic E-state index is 0.223. The zero-order chi connectivity index (χ0) is 14.0. The van der Waals surface area contributed by atoms with Gasteiger partial charge in [-0.1, -0.05) is 28.1 Å². The molecule has 1 aromatic carbocycles. The van der Waals surface area contributed by atoms with Crippen molar-refractivity contribution in [1.82, 2.24) is 0 Å². The van der Waals surface area contributed by atoms with Crippen molar-refractivity contribution in [3.05, 3.63) is 57.5 Å². The highest BCUT2D eigenvalue weighted by Gasteiger charge is 2.25. The molecule has 1 aromatic heterocycles. The number of nitrogens with zero attached hydrogens (tertiary/aromatic N) is 1. The maximum absolute atomic E-state index is 12.4. The summed E-state index contributed by atoms with van der Waals surface area (Å²) >= 11 is 3.33. The lowest BCUT2D eigenvalue weighted by molar-refractivity contribution is 0.0977. The third-order valence-corrected chi connectivity index (χ3v) is 3.43.